The molecule has 0 amide bonds. The number of hydrogen-bond donors (Lipinski definition) is 1. The highest BCUT2D eigenvalue weighted by molar-refractivity contribution is 7.98. The standard InChI is InChI=1S/C14H14O3S/c1-9-3-4-11(7-10(9)2)8-18-13-6-5-12(17-13)14(15)16/h3-7H,8H2,1-2H3,(H,15,16). The van der Waals surface area contributed by atoms with E-state index >= 15 is 0 Å². The molecule has 0 aliphatic carbocycles. The Morgan fingerprint density at radius 2 is 2.00 bits per heavy atom. The minimum absolute atomic E-state index is 0.0161. The summed E-state index contributed by atoms with van der Waals surface area (Å²) in [7, 11) is 0. The third-order valence-electron chi connectivity index (χ3n) is 2.74. The quantitative estimate of drug-likeness (QED) is 0.849. The van der Waals surface area contributed by atoms with Gasteiger partial charge in [0, 0.05) is 5.75 Å². The minimum Gasteiger partial charge on any atom is -0.475 e. The lowest BCUT2D eigenvalue weighted by Crippen LogP contribution is -1.91. The van der Waals surface area contributed by atoms with Gasteiger partial charge in [0.1, 0.15) is 0 Å². The molecule has 1 aromatic carbocycles. The van der Waals surface area contributed by atoms with Crippen LogP contribution in [0.5, 0.6) is 0 Å². The van der Waals surface area contributed by atoms with Crippen molar-refractivity contribution in [1.82, 2.24) is 0 Å². The first kappa shape index (κ1) is 12.8. The Morgan fingerprint density at radius 1 is 1.22 bits per heavy atom. The van der Waals surface area contributed by atoms with E-state index in [1.807, 2.05) is 0 Å². The molecule has 2 aromatic rings. The van der Waals surface area contributed by atoms with E-state index < -0.39 is 5.97 Å². The van der Waals surface area contributed by atoms with Crippen molar-refractivity contribution in [1.29, 1.82) is 0 Å². The molecule has 1 N–H and O–H groups in total. The minimum atomic E-state index is -1.03. The fraction of sp³-hybridized carbons (Fsp3) is 0.214. The number of rotatable bonds is 4. The second-order valence-electron chi connectivity index (χ2n) is 4.13. The van der Waals surface area contributed by atoms with Gasteiger partial charge in [-0.15, -0.1) is 0 Å². The summed E-state index contributed by atoms with van der Waals surface area (Å²) < 4.78 is 5.18. The number of carbonyl (C=O) groups is 1. The topological polar surface area (TPSA) is 50.4 Å². The molecular weight excluding hydrogens is 248 g/mol. The average Bonchev–Trinajstić information content (AvgIpc) is 2.79. The lowest BCUT2D eigenvalue weighted by atomic mass is 10.1. The molecule has 0 fully saturated rings. The molecule has 1 aromatic heterocycles. The summed E-state index contributed by atoms with van der Waals surface area (Å²) >= 11 is 1.50. The van der Waals surface area contributed by atoms with Crippen molar-refractivity contribution < 1.29 is 14.3 Å². The molecule has 0 unspecified atom stereocenters. The zero-order chi connectivity index (χ0) is 13.1. The van der Waals surface area contributed by atoms with E-state index in [9.17, 15) is 4.79 Å². The fourth-order valence-corrected chi connectivity index (χ4v) is 2.36. The number of benzene rings is 1. The van der Waals surface area contributed by atoms with Gasteiger partial charge >= 0.3 is 5.97 Å². The summed E-state index contributed by atoms with van der Waals surface area (Å²) in [5.41, 5.74) is 3.74. The summed E-state index contributed by atoms with van der Waals surface area (Å²) in [4.78, 5) is 10.7. The molecule has 0 aliphatic rings. The van der Waals surface area contributed by atoms with Crippen LogP contribution >= 0.6 is 11.8 Å². The van der Waals surface area contributed by atoms with Crippen LogP contribution in [0.2, 0.25) is 0 Å². The van der Waals surface area contributed by atoms with Gasteiger partial charge in [0.2, 0.25) is 5.76 Å². The van der Waals surface area contributed by atoms with Crippen LogP contribution in [-0.4, -0.2) is 11.1 Å². The number of thioether (sulfide) groups is 1. The first-order chi connectivity index (χ1) is 8.56. The fourth-order valence-electron chi connectivity index (χ4n) is 1.56. The normalized spacial score (nSPS) is 10.6. The molecule has 0 saturated carbocycles. The summed E-state index contributed by atoms with van der Waals surface area (Å²) in [6.45, 7) is 4.16. The van der Waals surface area contributed by atoms with Crippen LogP contribution in [0, 0.1) is 13.8 Å². The van der Waals surface area contributed by atoms with Gasteiger partial charge in [0.25, 0.3) is 0 Å². The van der Waals surface area contributed by atoms with Crippen molar-refractivity contribution in [3.05, 3.63) is 52.8 Å². The van der Waals surface area contributed by atoms with Crippen LogP contribution in [0.1, 0.15) is 27.2 Å². The van der Waals surface area contributed by atoms with E-state index in [0.717, 1.165) is 5.75 Å². The van der Waals surface area contributed by atoms with Crippen LogP contribution in [0.25, 0.3) is 0 Å². The molecule has 3 nitrogen and oxygen atoms in total. The molecule has 2 rings (SSSR count). The van der Waals surface area contributed by atoms with Crippen molar-refractivity contribution in [2.45, 2.75) is 24.7 Å². The molecule has 4 heteroatoms. The van der Waals surface area contributed by atoms with Crippen molar-refractivity contribution in [2.75, 3.05) is 0 Å². The van der Waals surface area contributed by atoms with Crippen molar-refractivity contribution in [2.24, 2.45) is 0 Å². The largest absolute Gasteiger partial charge is 0.475 e. The summed E-state index contributed by atoms with van der Waals surface area (Å²) in [6.07, 6.45) is 0. The highest BCUT2D eigenvalue weighted by Crippen LogP contribution is 2.25. The maximum absolute atomic E-state index is 10.7. The molecule has 18 heavy (non-hydrogen) atoms. The summed E-state index contributed by atoms with van der Waals surface area (Å²) in [6, 6.07) is 9.48. The van der Waals surface area contributed by atoms with Crippen LogP contribution in [0.3, 0.4) is 0 Å². The van der Waals surface area contributed by atoms with Gasteiger partial charge in [-0.05, 0) is 42.7 Å². The average molecular weight is 262 g/mol. The third-order valence-corrected chi connectivity index (χ3v) is 3.73. The Bertz CT molecular complexity index is 572. The van der Waals surface area contributed by atoms with Crippen LogP contribution in [-0.2, 0) is 5.75 Å². The van der Waals surface area contributed by atoms with Crippen LogP contribution < -0.4 is 0 Å². The van der Waals surface area contributed by atoms with Crippen LogP contribution in [0.4, 0.5) is 0 Å². The predicted octanol–water partition coefficient (Wildman–Crippen LogP) is 3.89. The van der Waals surface area contributed by atoms with Crippen molar-refractivity contribution in [3.8, 4) is 0 Å². The van der Waals surface area contributed by atoms with E-state index in [1.54, 1.807) is 6.07 Å². The molecule has 0 radical (unpaired) electrons. The molecule has 0 bridgehead atoms. The smallest absolute Gasteiger partial charge is 0.371 e. The number of aryl methyl sites for hydroxylation is 2. The predicted molar refractivity (Wildman–Crippen MR) is 71.1 cm³/mol. The van der Waals surface area contributed by atoms with Gasteiger partial charge in [-0.2, -0.15) is 0 Å². The van der Waals surface area contributed by atoms with E-state index in [0.29, 0.717) is 5.09 Å². The molecule has 0 spiro atoms. The maximum atomic E-state index is 10.7. The number of furan rings is 1. The molecule has 0 aliphatic heterocycles. The zero-order valence-electron chi connectivity index (χ0n) is 10.3. The van der Waals surface area contributed by atoms with Gasteiger partial charge in [-0.25, -0.2) is 4.79 Å². The molecular formula is C14H14O3S. The SMILES string of the molecule is Cc1ccc(CSc2ccc(C(=O)O)o2)cc1C. The Hall–Kier alpha value is -1.68. The van der Waals surface area contributed by atoms with E-state index in [2.05, 4.69) is 32.0 Å². The number of carboxylic acids is 1. The van der Waals surface area contributed by atoms with E-state index in [4.69, 9.17) is 9.52 Å². The summed E-state index contributed by atoms with van der Waals surface area (Å²) in [5.74, 6) is -0.279. The van der Waals surface area contributed by atoms with Gasteiger partial charge in [-0.1, -0.05) is 30.0 Å². The van der Waals surface area contributed by atoms with Crippen LogP contribution in [0.15, 0.2) is 39.8 Å². The maximum Gasteiger partial charge on any atom is 0.371 e. The molecule has 0 saturated heterocycles. The zero-order valence-corrected chi connectivity index (χ0v) is 11.1. The number of carboxylic acid groups (broad SMARTS) is 1. The third kappa shape index (κ3) is 2.96. The molecule has 94 valence electrons. The Labute approximate surface area is 110 Å². The highest BCUT2D eigenvalue weighted by atomic mass is 32.2. The van der Waals surface area contributed by atoms with Gasteiger partial charge in [0.05, 0.1) is 0 Å². The lowest BCUT2D eigenvalue weighted by Gasteiger charge is -2.03. The molecule has 1 heterocycles. The molecule has 0 atom stereocenters. The highest BCUT2D eigenvalue weighted by Gasteiger charge is 2.09. The number of aromatic carboxylic acids is 1. The van der Waals surface area contributed by atoms with Gasteiger partial charge in [0.15, 0.2) is 5.09 Å². The van der Waals surface area contributed by atoms with Crippen molar-refractivity contribution >= 4 is 17.7 Å². The Kier molecular flexibility index (Phi) is 3.77. The number of hydrogen-bond acceptors (Lipinski definition) is 3. The second kappa shape index (κ2) is 5.31. The van der Waals surface area contributed by atoms with E-state index in [-0.39, 0.29) is 5.76 Å². The van der Waals surface area contributed by atoms with Gasteiger partial charge < -0.3 is 9.52 Å². The summed E-state index contributed by atoms with van der Waals surface area (Å²) in [5, 5.41) is 9.38. The van der Waals surface area contributed by atoms with Gasteiger partial charge in [-0.3, -0.25) is 0 Å². The van der Waals surface area contributed by atoms with Crippen molar-refractivity contribution in [3.63, 3.8) is 0 Å². The second-order valence-corrected chi connectivity index (χ2v) is 5.11. The first-order valence-corrected chi connectivity index (χ1v) is 6.57. The first-order valence-electron chi connectivity index (χ1n) is 5.58. The van der Waals surface area contributed by atoms with E-state index in [1.165, 1.54) is 34.5 Å². The monoisotopic (exact) mass is 262 g/mol. The Morgan fingerprint density at radius 3 is 2.61 bits per heavy atom. The lowest BCUT2D eigenvalue weighted by molar-refractivity contribution is 0.0656. The Balaban J connectivity index is 2.02.